The Morgan fingerprint density at radius 3 is 3.00 bits per heavy atom. The van der Waals surface area contributed by atoms with Gasteiger partial charge in [0.05, 0.1) is 6.61 Å². The van der Waals surface area contributed by atoms with E-state index in [4.69, 9.17) is 4.74 Å². The highest BCUT2D eigenvalue weighted by atomic mass is 16.5. The number of ether oxygens (including phenoxy) is 1. The van der Waals surface area contributed by atoms with Crippen molar-refractivity contribution in [2.45, 2.75) is 39.3 Å². The topological polar surface area (TPSA) is 34.2 Å². The number of rotatable bonds is 6. The van der Waals surface area contributed by atoms with E-state index in [1.54, 1.807) is 0 Å². The van der Waals surface area contributed by atoms with Crippen LogP contribution in [0, 0.1) is 5.92 Å². The van der Waals surface area contributed by atoms with E-state index in [0.29, 0.717) is 6.04 Å². The van der Waals surface area contributed by atoms with E-state index >= 15 is 0 Å². The Labute approximate surface area is 97.2 Å². The summed E-state index contributed by atoms with van der Waals surface area (Å²) in [5.41, 5.74) is 1.23. The number of nitrogens with zero attached hydrogens (tertiary/aromatic N) is 1. The average Bonchev–Trinajstić information content (AvgIpc) is 3.08. The van der Waals surface area contributed by atoms with Gasteiger partial charge in [-0.05, 0) is 30.4 Å². The predicted octanol–water partition coefficient (Wildman–Crippen LogP) is 2.37. The lowest BCUT2D eigenvalue weighted by Gasteiger charge is -2.09. The van der Waals surface area contributed by atoms with Crippen LogP contribution in [0.1, 0.15) is 32.3 Å². The first kappa shape index (κ1) is 11.4. The quantitative estimate of drug-likeness (QED) is 0.799. The third-order valence-corrected chi connectivity index (χ3v) is 2.68. The molecule has 1 aliphatic rings. The van der Waals surface area contributed by atoms with Gasteiger partial charge in [-0.15, -0.1) is 0 Å². The van der Waals surface area contributed by atoms with Crippen LogP contribution in [0.25, 0.3) is 0 Å². The molecular formula is C13H20N2O. The fourth-order valence-corrected chi connectivity index (χ4v) is 1.45. The van der Waals surface area contributed by atoms with E-state index in [9.17, 15) is 0 Å². The van der Waals surface area contributed by atoms with Crippen LogP contribution in [-0.2, 0) is 6.54 Å². The molecule has 1 fully saturated rings. The monoisotopic (exact) mass is 220 g/mol. The Hall–Kier alpha value is -1.09. The zero-order valence-electron chi connectivity index (χ0n) is 10.1. The molecule has 0 aliphatic heterocycles. The second-order valence-corrected chi connectivity index (χ2v) is 4.79. The van der Waals surface area contributed by atoms with Crippen LogP contribution >= 0.6 is 0 Å². The Bertz CT molecular complexity index is 313. The number of aromatic nitrogens is 1. The van der Waals surface area contributed by atoms with E-state index in [0.717, 1.165) is 24.9 Å². The molecule has 1 aliphatic carbocycles. The van der Waals surface area contributed by atoms with Crippen molar-refractivity contribution in [3.05, 3.63) is 23.9 Å². The molecular weight excluding hydrogens is 200 g/mol. The Balaban J connectivity index is 1.84. The third kappa shape index (κ3) is 3.81. The smallest absolute Gasteiger partial charge is 0.213 e. The van der Waals surface area contributed by atoms with Gasteiger partial charge in [-0.2, -0.15) is 0 Å². The van der Waals surface area contributed by atoms with Crippen molar-refractivity contribution in [3.63, 3.8) is 0 Å². The molecule has 1 saturated carbocycles. The molecule has 0 bridgehead atoms. The van der Waals surface area contributed by atoms with Crippen molar-refractivity contribution in [3.8, 4) is 5.88 Å². The molecule has 3 nitrogen and oxygen atoms in total. The van der Waals surface area contributed by atoms with Gasteiger partial charge in [0, 0.05) is 24.8 Å². The van der Waals surface area contributed by atoms with Gasteiger partial charge in [-0.1, -0.05) is 13.8 Å². The van der Waals surface area contributed by atoms with Crippen molar-refractivity contribution < 1.29 is 4.74 Å². The fraction of sp³-hybridized carbons (Fsp3) is 0.615. The van der Waals surface area contributed by atoms with E-state index in [-0.39, 0.29) is 0 Å². The highest BCUT2D eigenvalue weighted by Crippen LogP contribution is 2.29. The Kier molecular flexibility index (Phi) is 3.78. The summed E-state index contributed by atoms with van der Waals surface area (Å²) < 4.78 is 5.64. The van der Waals surface area contributed by atoms with E-state index in [1.807, 2.05) is 18.3 Å². The minimum absolute atomic E-state index is 0.504. The lowest BCUT2D eigenvalue weighted by molar-refractivity contribution is 0.288. The highest BCUT2D eigenvalue weighted by molar-refractivity contribution is 5.20. The molecule has 0 spiro atoms. The summed E-state index contributed by atoms with van der Waals surface area (Å²) in [6, 6.07) is 4.56. The van der Waals surface area contributed by atoms with Gasteiger partial charge in [0.2, 0.25) is 5.88 Å². The van der Waals surface area contributed by atoms with E-state index in [2.05, 4.69) is 24.1 Å². The molecule has 1 N–H and O–H groups in total. The average molecular weight is 220 g/mol. The Morgan fingerprint density at radius 1 is 1.50 bits per heavy atom. The maximum atomic E-state index is 5.64. The zero-order chi connectivity index (χ0) is 11.4. The van der Waals surface area contributed by atoms with Crippen LogP contribution in [0.15, 0.2) is 18.3 Å². The zero-order valence-corrected chi connectivity index (χ0v) is 10.1. The molecule has 0 atom stereocenters. The number of hydrogen-bond acceptors (Lipinski definition) is 3. The van der Waals surface area contributed by atoms with Gasteiger partial charge in [-0.25, -0.2) is 4.98 Å². The molecule has 0 radical (unpaired) electrons. The van der Waals surface area contributed by atoms with Crippen LogP contribution in [0.2, 0.25) is 0 Å². The molecule has 0 unspecified atom stereocenters. The van der Waals surface area contributed by atoms with Crippen molar-refractivity contribution in [1.29, 1.82) is 0 Å². The van der Waals surface area contributed by atoms with Crippen LogP contribution in [0.4, 0.5) is 0 Å². The Morgan fingerprint density at radius 2 is 2.31 bits per heavy atom. The van der Waals surface area contributed by atoms with Crippen LogP contribution in [0.3, 0.4) is 0 Å². The SMILES string of the molecule is CC(C)NCc1ccnc(OCC2CC2)c1. The first-order valence-electron chi connectivity index (χ1n) is 6.05. The molecule has 16 heavy (non-hydrogen) atoms. The molecule has 3 heteroatoms. The molecule has 2 rings (SSSR count). The summed E-state index contributed by atoms with van der Waals surface area (Å²) in [7, 11) is 0. The second kappa shape index (κ2) is 5.30. The standard InChI is InChI=1S/C13H20N2O/c1-10(2)15-8-12-5-6-14-13(7-12)16-9-11-3-4-11/h5-7,10-11,15H,3-4,8-9H2,1-2H3. The maximum Gasteiger partial charge on any atom is 0.213 e. The molecule has 1 aromatic rings. The molecule has 0 saturated heterocycles. The van der Waals surface area contributed by atoms with Gasteiger partial charge in [-0.3, -0.25) is 0 Å². The number of hydrogen-bond donors (Lipinski definition) is 1. The molecule has 0 amide bonds. The van der Waals surface area contributed by atoms with Gasteiger partial charge in [0.1, 0.15) is 0 Å². The van der Waals surface area contributed by atoms with Crippen LogP contribution in [-0.4, -0.2) is 17.6 Å². The van der Waals surface area contributed by atoms with Crippen LogP contribution < -0.4 is 10.1 Å². The summed E-state index contributed by atoms with van der Waals surface area (Å²) >= 11 is 0. The minimum Gasteiger partial charge on any atom is -0.477 e. The highest BCUT2D eigenvalue weighted by Gasteiger charge is 2.22. The third-order valence-electron chi connectivity index (χ3n) is 2.68. The van der Waals surface area contributed by atoms with E-state index in [1.165, 1.54) is 18.4 Å². The first-order valence-corrected chi connectivity index (χ1v) is 6.05. The molecule has 88 valence electrons. The van der Waals surface area contributed by atoms with Crippen molar-refractivity contribution >= 4 is 0 Å². The molecule has 1 aromatic heterocycles. The summed E-state index contributed by atoms with van der Waals surface area (Å²) in [5, 5.41) is 3.38. The molecule has 1 heterocycles. The van der Waals surface area contributed by atoms with Crippen LogP contribution in [0.5, 0.6) is 5.88 Å². The second-order valence-electron chi connectivity index (χ2n) is 4.79. The minimum atomic E-state index is 0.504. The van der Waals surface area contributed by atoms with Crippen molar-refractivity contribution in [1.82, 2.24) is 10.3 Å². The van der Waals surface area contributed by atoms with Gasteiger partial charge >= 0.3 is 0 Å². The number of nitrogens with one attached hydrogen (secondary N) is 1. The van der Waals surface area contributed by atoms with Gasteiger partial charge in [0.25, 0.3) is 0 Å². The fourth-order valence-electron chi connectivity index (χ4n) is 1.45. The van der Waals surface area contributed by atoms with Gasteiger partial charge in [0.15, 0.2) is 0 Å². The lowest BCUT2D eigenvalue weighted by Crippen LogP contribution is -2.21. The summed E-state index contributed by atoms with van der Waals surface area (Å²) in [6.07, 6.45) is 4.45. The number of pyridine rings is 1. The van der Waals surface area contributed by atoms with Gasteiger partial charge < -0.3 is 10.1 Å². The summed E-state index contributed by atoms with van der Waals surface area (Å²) in [5.74, 6) is 1.54. The summed E-state index contributed by atoms with van der Waals surface area (Å²) in [6.45, 7) is 5.99. The normalized spacial score (nSPS) is 15.4. The first-order chi connectivity index (χ1) is 7.74. The van der Waals surface area contributed by atoms with E-state index < -0.39 is 0 Å². The predicted molar refractivity (Wildman–Crippen MR) is 64.4 cm³/mol. The largest absolute Gasteiger partial charge is 0.477 e. The van der Waals surface area contributed by atoms with Crippen molar-refractivity contribution in [2.24, 2.45) is 5.92 Å². The summed E-state index contributed by atoms with van der Waals surface area (Å²) in [4.78, 5) is 4.22. The maximum absolute atomic E-state index is 5.64. The molecule has 0 aromatic carbocycles. The lowest BCUT2D eigenvalue weighted by atomic mass is 10.2. The van der Waals surface area contributed by atoms with Crippen molar-refractivity contribution in [2.75, 3.05) is 6.61 Å².